The summed E-state index contributed by atoms with van der Waals surface area (Å²) in [6.45, 7) is 25.8. The normalized spacial score (nSPS) is 15.2. The Kier molecular flexibility index (Phi) is 16.3. The minimum absolute atomic E-state index is 0.0711. The fourth-order valence-electron chi connectivity index (χ4n) is 2.99. The third-order valence-corrected chi connectivity index (χ3v) is 6.43. The molecule has 0 aliphatic rings. The van der Waals surface area contributed by atoms with E-state index in [-0.39, 0.29) is 28.6 Å². The summed E-state index contributed by atoms with van der Waals surface area (Å²) >= 11 is 0. The Hall–Kier alpha value is -0.240. The summed E-state index contributed by atoms with van der Waals surface area (Å²) in [5.41, 5.74) is 5.81. The van der Waals surface area contributed by atoms with E-state index in [2.05, 4.69) is 67.6 Å². The highest BCUT2D eigenvalue weighted by molar-refractivity contribution is 4.84. The molecule has 0 unspecified atom stereocenters. The lowest BCUT2D eigenvalue weighted by atomic mass is 9.79. The van der Waals surface area contributed by atoms with Crippen LogP contribution in [-0.2, 0) is 18.9 Å². The van der Waals surface area contributed by atoms with Crippen molar-refractivity contribution in [2.75, 3.05) is 52.7 Å². The second kappa shape index (κ2) is 16.4. The largest absolute Gasteiger partial charge is 0.380 e. The quantitative estimate of drug-likeness (QED) is 0.254. The number of hydrogen-bond donors (Lipinski definition) is 2. The Morgan fingerprint density at radius 1 is 0.688 bits per heavy atom. The van der Waals surface area contributed by atoms with E-state index in [9.17, 15) is 0 Å². The van der Waals surface area contributed by atoms with Gasteiger partial charge in [0.2, 0.25) is 0 Å². The van der Waals surface area contributed by atoms with E-state index in [1.54, 1.807) is 0 Å². The highest BCUT2D eigenvalue weighted by Crippen LogP contribution is 2.31. The summed E-state index contributed by atoms with van der Waals surface area (Å²) in [5, 5.41) is 3.65. The second-order valence-corrected chi connectivity index (χ2v) is 11.4. The lowest BCUT2D eigenvalue weighted by Crippen LogP contribution is -2.43. The van der Waals surface area contributed by atoms with Gasteiger partial charge in [0.1, 0.15) is 0 Å². The van der Waals surface area contributed by atoms with Gasteiger partial charge in [-0.25, -0.2) is 0 Å². The molecule has 0 radical (unpaired) electrons. The molecule has 0 aromatic heterocycles. The molecule has 6 nitrogen and oxygen atoms in total. The van der Waals surface area contributed by atoms with E-state index in [1.165, 1.54) is 0 Å². The molecule has 2 atom stereocenters. The van der Waals surface area contributed by atoms with Gasteiger partial charge in [-0.3, -0.25) is 0 Å². The summed E-state index contributed by atoms with van der Waals surface area (Å²) in [6.07, 6.45) is 4.51. The average Bonchev–Trinajstić information content (AvgIpc) is 2.70. The van der Waals surface area contributed by atoms with Gasteiger partial charge in [-0.15, -0.1) is 0 Å². The highest BCUT2D eigenvalue weighted by Gasteiger charge is 2.29. The van der Waals surface area contributed by atoms with Gasteiger partial charge >= 0.3 is 0 Å². The highest BCUT2D eigenvalue weighted by atomic mass is 16.5. The van der Waals surface area contributed by atoms with Crippen molar-refractivity contribution >= 4 is 0 Å². The van der Waals surface area contributed by atoms with Crippen LogP contribution < -0.4 is 11.1 Å². The molecule has 0 rings (SSSR count). The summed E-state index contributed by atoms with van der Waals surface area (Å²) < 4.78 is 23.1. The molecule has 0 spiro atoms. The van der Waals surface area contributed by atoms with E-state index in [4.69, 9.17) is 24.7 Å². The van der Waals surface area contributed by atoms with Crippen molar-refractivity contribution in [2.24, 2.45) is 16.6 Å². The summed E-state index contributed by atoms with van der Waals surface area (Å²) in [6, 6.07) is 0. The van der Waals surface area contributed by atoms with E-state index >= 15 is 0 Å². The van der Waals surface area contributed by atoms with Crippen LogP contribution in [0.3, 0.4) is 0 Å². The van der Waals surface area contributed by atoms with E-state index in [0.717, 1.165) is 58.7 Å². The first-order chi connectivity index (χ1) is 14.8. The first-order valence-electron chi connectivity index (χ1n) is 12.7. The maximum absolute atomic E-state index is 6.07. The van der Waals surface area contributed by atoms with Gasteiger partial charge < -0.3 is 30.0 Å². The standard InChI is InChI=1S/C26H56N2O4/c1-22(24(3,4)5)31-18-11-17-30-21-15-28-26(8,9)13-12-25(6,7)23(2)32-19-10-16-29-20-14-27/h22-23,28H,10-21,27H2,1-9H3/t22-,23+/m1/s1. The third-order valence-electron chi connectivity index (χ3n) is 6.43. The number of nitrogens with one attached hydrogen (secondary N) is 1. The maximum atomic E-state index is 6.07. The Labute approximate surface area is 199 Å². The van der Waals surface area contributed by atoms with Crippen LogP contribution in [0.2, 0.25) is 0 Å². The molecular weight excluding hydrogens is 404 g/mol. The lowest BCUT2D eigenvalue weighted by Gasteiger charge is -2.36. The SMILES string of the molecule is C[C@H](OCCCOCCN)C(C)(C)CCC(C)(C)NCCOCCCO[C@H](C)C(C)(C)C. The van der Waals surface area contributed by atoms with Gasteiger partial charge in [0, 0.05) is 45.1 Å². The van der Waals surface area contributed by atoms with Crippen molar-refractivity contribution in [1.82, 2.24) is 5.32 Å². The minimum Gasteiger partial charge on any atom is -0.380 e. The predicted molar refractivity (Wildman–Crippen MR) is 135 cm³/mol. The van der Waals surface area contributed by atoms with Gasteiger partial charge in [0.05, 0.1) is 25.4 Å². The molecule has 194 valence electrons. The molecule has 0 aliphatic heterocycles. The van der Waals surface area contributed by atoms with E-state index < -0.39 is 0 Å². The zero-order valence-electron chi connectivity index (χ0n) is 22.9. The first-order valence-corrected chi connectivity index (χ1v) is 12.7. The topological polar surface area (TPSA) is 75.0 Å². The smallest absolute Gasteiger partial charge is 0.0597 e. The van der Waals surface area contributed by atoms with Crippen molar-refractivity contribution in [3.8, 4) is 0 Å². The van der Waals surface area contributed by atoms with Gasteiger partial charge in [-0.05, 0) is 64.2 Å². The van der Waals surface area contributed by atoms with Gasteiger partial charge in [-0.1, -0.05) is 34.6 Å². The van der Waals surface area contributed by atoms with Crippen LogP contribution in [0.5, 0.6) is 0 Å². The van der Waals surface area contributed by atoms with Crippen LogP contribution in [0.15, 0.2) is 0 Å². The van der Waals surface area contributed by atoms with Crippen molar-refractivity contribution in [1.29, 1.82) is 0 Å². The summed E-state index contributed by atoms with van der Waals surface area (Å²) in [7, 11) is 0. The molecule has 0 fully saturated rings. The zero-order valence-corrected chi connectivity index (χ0v) is 22.9. The molecule has 0 bridgehead atoms. The monoisotopic (exact) mass is 460 g/mol. The first kappa shape index (κ1) is 31.8. The predicted octanol–water partition coefficient (Wildman–Crippen LogP) is 4.79. The zero-order chi connectivity index (χ0) is 24.7. The maximum Gasteiger partial charge on any atom is 0.0597 e. The van der Waals surface area contributed by atoms with Crippen molar-refractivity contribution in [2.45, 2.75) is 106 Å². The Morgan fingerprint density at radius 2 is 1.22 bits per heavy atom. The molecule has 0 aromatic carbocycles. The second-order valence-electron chi connectivity index (χ2n) is 11.4. The minimum atomic E-state index is 0.0711. The molecule has 6 heteroatoms. The molecule has 0 heterocycles. The molecule has 32 heavy (non-hydrogen) atoms. The van der Waals surface area contributed by atoms with Crippen molar-refractivity contribution in [3.63, 3.8) is 0 Å². The molecule has 0 saturated heterocycles. The van der Waals surface area contributed by atoms with Gasteiger partial charge in [0.15, 0.2) is 0 Å². The van der Waals surface area contributed by atoms with Crippen LogP contribution in [0.1, 0.15) is 88.0 Å². The molecule has 0 saturated carbocycles. The van der Waals surface area contributed by atoms with Crippen LogP contribution in [0.25, 0.3) is 0 Å². The van der Waals surface area contributed by atoms with Gasteiger partial charge in [0.25, 0.3) is 0 Å². The molecule has 3 N–H and O–H groups in total. The average molecular weight is 461 g/mol. The van der Waals surface area contributed by atoms with Crippen molar-refractivity contribution in [3.05, 3.63) is 0 Å². The van der Waals surface area contributed by atoms with Crippen LogP contribution >= 0.6 is 0 Å². The number of hydrogen-bond acceptors (Lipinski definition) is 6. The van der Waals surface area contributed by atoms with E-state index in [0.29, 0.717) is 19.8 Å². The summed E-state index contributed by atoms with van der Waals surface area (Å²) in [5.74, 6) is 0. The fourth-order valence-corrected chi connectivity index (χ4v) is 2.99. The fraction of sp³-hybridized carbons (Fsp3) is 1.00. The molecule has 0 amide bonds. The van der Waals surface area contributed by atoms with Crippen LogP contribution in [0.4, 0.5) is 0 Å². The van der Waals surface area contributed by atoms with Crippen LogP contribution in [0, 0.1) is 10.8 Å². The van der Waals surface area contributed by atoms with Crippen LogP contribution in [-0.4, -0.2) is 70.5 Å². The lowest BCUT2D eigenvalue weighted by molar-refractivity contribution is -0.0278. The Balaban J connectivity index is 3.91. The molecule has 0 aliphatic carbocycles. The number of rotatable bonds is 20. The van der Waals surface area contributed by atoms with Crippen molar-refractivity contribution < 1.29 is 18.9 Å². The Bertz CT molecular complexity index is 450. The van der Waals surface area contributed by atoms with Gasteiger partial charge in [-0.2, -0.15) is 0 Å². The Morgan fingerprint density at radius 3 is 1.75 bits per heavy atom. The van der Waals surface area contributed by atoms with E-state index in [1.807, 2.05) is 0 Å². The third kappa shape index (κ3) is 16.4. The molecular formula is C26H56N2O4. The molecule has 0 aromatic rings. The summed E-state index contributed by atoms with van der Waals surface area (Å²) in [4.78, 5) is 0. The number of nitrogens with two attached hydrogens (primary N) is 1. The number of ether oxygens (including phenoxy) is 4.